The van der Waals surface area contributed by atoms with E-state index in [1.807, 2.05) is 0 Å². The third-order valence-corrected chi connectivity index (χ3v) is 5.99. The summed E-state index contributed by atoms with van der Waals surface area (Å²) in [6.45, 7) is 2.04. The zero-order valence-electron chi connectivity index (χ0n) is 19.1. The Morgan fingerprint density at radius 3 is 2.64 bits per heavy atom. The minimum Gasteiger partial charge on any atom is -0.496 e. The van der Waals surface area contributed by atoms with E-state index in [4.69, 9.17) is 25.5 Å². The summed E-state index contributed by atoms with van der Waals surface area (Å²) >= 11 is 6.95. The third kappa shape index (κ3) is 5.78. The molecule has 184 valence electrons. The first-order valence-electron chi connectivity index (χ1n) is 10.6. The SMILES string of the molecule is CCOC(=O)c1ccc(-c2ccc(/C=C(\Sc3n[nH]c(-c4cc(Cl)ccc4OC)n3)C(=O)O)o2)cc1. The maximum atomic E-state index is 11.9. The number of nitrogens with zero attached hydrogens (tertiary/aromatic N) is 2. The van der Waals surface area contributed by atoms with Crippen molar-refractivity contribution in [1.82, 2.24) is 15.2 Å². The van der Waals surface area contributed by atoms with Crippen molar-refractivity contribution in [1.29, 1.82) is 0 Å². The van der Waals surface area contributed by atoms with E-state index < -0.39 is 11.9 Å². The Bertz CT molecular complexity index is 1430. The summed E-state index contributed by atoms with van der Waals surface area (Å²) in [5, 5.41) is 17.3. The molecular formula is C25H20ClN3O6S. The number of methoxy groups -OCH3 is 1. The molecule has 4 rings (SSSR count). The van der Waals surface area contributed by atoms with E-state index >= 15 is 0 Å². The van der Waals surface area contributed by atoms with Gasteiger partial charge in [-0.15, -0.1) is 5.10 Å². The predicted molar refractivity (Wildman–Crippen MR) is 135 cm³/mol. The molecule has 0 saturated carbocycles. The van der Waals surface area contributed by atoms with E-state index in [-0.39, 0.29) is 10.1 Å². The van der Waals surface area contributed by atoms with Gasteiger partial charge in [0.2, 0.25) is 5.16 Å². The van der Waals surface area contributed by atoms with Crippen LogP contribution in [0, 0.1) is 0 Å². The van der Waals surface area contributed by atoms with Gasteiger partial charge in [0.1, 0.15) is 22.2 Å². The zero-order chi connectivity index (χ0) is 25.7. The number of aromatic nitrogens is 3. The second-order valence-corrected chi connectivity index (χ2v) is 8.67. The van der Waals surface area contributed by atoms with Crippen LogP contribution in [0.3, 0.4) is 0 Å². The number of H-pyrrole nitrogens is 1. The zero-order valence-corrected chi connectivity index (χ0v) is 20.7. The Morgan fingerprint density at radius 1 is 1.17 bits per heavy atom. The lowest BCUT2D eigenvalue weighted by Crippen LogP contribution is -2.03. The number of benzene rings is 2. The molecule has 0 saturated heterocycles. The smallest absolute Gasteiger partial charge is 0.342 e. The fraction of sp³-hybridized carbons (Fsp3) is 0.120. The van der Waals surface area contributed by atoms with Gasteiger partial charge in [0.15, 0.2) is 5.82 Å². The highest BCUT2D eigenvalue weighted by atomic mass is 35.5. The van der Waals surface area contributed by atoms with Crippen molar-refractivity contribution in [2.45, 2.75) is 12.1 Å². The number of aliphatic carboxylic acids is 1. The number of thioether (sulfide) groups is 1. The fourth-order valence-corrected chi connectivity index (χ4v) is 4.07. The monoisotopic (exact) mass is 525 g/mol. The molecule has 0 aliphatic heterocycles. The van der Waals surface area contributed by atoms with Crippen molar-refractivity contribution in [3.63, 3.8) is 0 Å². The highest BCUT2D eigenvalue weighted by molar-refractivity contribution is 8.04. The number of hydrogen-bond donors (Lipinski definition) is 2. The van der Waals surface area contributed by atoms with Gasteiger partial charge < -0.3 is 19.0 Å². The molecule has 0 aliphatic carbocycles. The van der Waals surface area contributed by atoms with Crippen LogP contribution in [0.15, 0.2) is 69.1 Å². The number of rotatable bonds is 9. The molecule has 36 heavy (non-hydrogen) atoms. The molecule has 2 heterocycles. The summed E-state index contributed by atoms with van der Waals surface area (Å²) in [6.07, 6.45) is 1.39. The molecular weight excluding hydrogens is 506 g/mol. The number of furan rings is 1. The number of aromatic amines is 1. The Balaban J connectivity index is 1.53. The lowest BCUT2D eigenvalue weighted by molar-refractivity contribution is -0.131. The summed E-state index contributed by atoms with van der Waals surface area (Å²) in [5.41, 5.74) is 1.74. The summed E-state index contributed by atoms with van der Waals surface area (Å²) in [6, 6.07) is 15.2. The van der Waals surface area contributed by atoms with Gasteiger partial charge in [-0.25, -0.2) is 14.6 Å². The quantitative estimate of drug-likeness (QED) is 0.158. The van der Waals surface area contributed by atoms with E-state index in [2.05, 4.69) is 15.2 Å². The van der Waals surface area contributed by atoms with Crippen molar-refractivity contribution in [3.8, 4) is 28.5 Å². The largest absolute Gasteiger partial charge is 0.496 e. The minimum atomic E-state index is -1.16. The molecule has 11 heteroatoms. The van der Waals surface area contributed by atoms with Gasteiger partial charge in [-0.2, -0.15) is 0 Å². The Kier molecular flexibility index (Phi) is 7.77. The van der Waals surface area contributed by atoms with Crippen molar-refractivity contribution in [2.24, 2.45) is 0 Å². The van der Waals surface area contributed by atoms with Crippen LogP contribution in [-0.4, -0.2) is 45.9 Å². The predicted octanol–water partition coefficient (Wildman–Crippen LogP) is 5.79. The van der Waals surface area contributed by atoms with Crippen molar-refractivity contribution in [3.05, 3.63) is 75.8 Å². The average molecular weight is 526 g/mol. The molecule has 0 bridgehead atoms. The molecule has 9 nitrogen and oxygen atoms in total. The number of nitrogens with one attached hydrogen (secondary N) is 1. The molecule has 0 fully saturated rings. The van der Waals surface area contributed by atoms with Gasteiger partial charge in [-0.1, -0.05) is 23.7 Å². The first-order chi connectivity index (χ1) is 17.4. The van der Waals surface area contributed by atoms with Crippen LogP contribution in [0.1, 0.15) is 23.0 Å². The highest BCUT2D eigenvalue weighted by Gasteiger charge is 2.17. The highest BCUT2D eigenvalue weighted by Crippen LogP contribution is 2.33. The maximum absolute atomic E-state index is 11.9. The van der Waals surface area contributed by atoms with Crippen LogP contribution < -0.4 is 4.74 Å². The lowest BCUT2D eigenvalue weighted by Gasteiger charge is -2.05. The first kappa shape index (κ1) is 25.1. The third-order valence-electron chi connectivity index (χ3n) is 4.87. The molecule has 2 N–H and O–H groups in total. The molecule has 0 radical (unpaired) electrons. The number of hydrogen-bond acceptors (Lipinski definition) is 8. The Hall–Kier alpha value is -4.02. The summed E-state index contributed by atoms with van der Waals surface area (Å²) in [7, 11) is 1.52. The lowest BCUT2D eigenvalue weighted by atomic mass is 10.1. The summed E-state index contributed by atoms with van der Waals surface area (Å²) in [5.74, 6) is 0.200. The van der Waals surface area contributed by atoms with Crippen molar-refractivity contribution >= 4 is 41.4 Å². The second-order valence-electron chi connectivity index (χ2n) is 7.23. The van der Waals surface area contributed by atoms with Crippen LogP contribution in [-0.2, 0) is 9.53 Å². The van der Waals surface area contributed by atoms with Crippen molar-refractivity contribution in [2.75, 3.05) is 13.7 Å². The van der Waals surface area contributed by atoms with E-state index in [1.165, 1.54) is 13.2 Å². The van der Waals surface area contributed by atoms with Gasteiger partial charge >= 0.3 is 11.9 Å². The molecule has 2 aromatic heterocycles. The Morgan fingerprint density at radius 2 is 1.94 bits per heavy atom. The molecule has 0 aliphatic rings. The normalized spacial score (nSPS) is 11.4. The number of halogens is 1. The van der Waals surface area contributed by atoms with Gasteiger partial charge in [0, 0.05) is 16.7 Å². The molecule has 0 amide bonds. The van der Waals surface area contributed by atoms with Crippen LogP contribution in [0.4, 0.5) is 0 Å². The fourth-order valence-electron chi connectivity index (χ4n) is 3.21. The summed E-state index contributed by atoms with van der Waals surface area (Å²) < 4.78 is 16.1. The van der Waals surface area contributed by atoms with E-state index in [1.54, 1.807) is 61.5 Å². The summed E-state index contributed by atoms with van der Waals surface area (Å²) in [4.78, 5) is 28.0. The van der Waals surface area contributed by atoms with Crippen LogP contribution in [0.25, 0.3) is 28.8 Å². The number of carbonyl (C=O) groups excluding carboxylic acids is 1. The first-order valence-corrected chi connectivity index (χ1v) is 11.8. The topological polar surface area (TPSA) is 128 Å². The number of esters is 1. The average Bonchev–Trinajstić information content (AvgIpc) is 3.54. The maximum Gasteiger partial charge on any atom is 0.342 e. The van der Waals surface area contributed by atoms with Crippen LogP contribution >= 0.6 is 23.4 Å². The minimum absolute atomic E-state index is 0.0443. The van der Waals surface area contributed by atoms with E-state index in [9.17, 15) is 14.7 Å². The number of ether oxygens (including phenoxy) is 2. The molecule has 2 aromatic carbocycles. The van der Waals surface area contributed by atoms with Crippen LogP contribution in [0.5, 0.6) is 5.75 Å². The van der Waals surface area contributed by atoms with Crippen molar-refractivity contribution < 1.29 is 28.6 Å². The van der Waals surface area contributed by atoms with Gasteiger partial charge in [0.05, 0.1) is 24.8 Å². The number of carboxylic acid groups (broad SMARTS) is 1. The second kappa shape index (κ2) is 11.1. The molecule has 0 atom stereocenters. The standard InChI is InChI=1S/C25H20ClN3O6S/c1-3-34-24(32)15-6-4-14(5-7-15)19-11-9-17(35-19)13-21(23(30)31)36-25-27-22(28-29-25)18-12-16(26)8-10-20(18)33-2/h4-13H,3H2,1-2H3,(H,30,31)(H,27,28,29)/b21-13-. The van der Waals surface area contributed by atoms with Gasteiger partial charge in [-0.05, 0) is 61.2 Å². The number of carbonyl (C=O) groups is 2. The molecule has 4 aromatic rings. The number of carboxylic acids is 1. The van der Waals surface area contributed by atoms with Gasteiger partial charge in [-0.3, -0.25) is 5.10 Å². The van der Waals surface area contributed by atoms with E-state index in [0.29, 0.717) is 45.9 Å². The van der Waals surface area contributed by atoms with Crippen LogP contribution in [0.2, 0.25) is 5.02 Å². The van der Waals surface area contributed by atoms with E-state index in [0.717, 1.165) is 17.3 Å². The molecule has 0 unspecified atom stereocenters. The van der Waals surface area contributed by atoms with Gasteiger partial charge in [0.25, 0.3) is 0 Å². The molecule has 0 spiro atoms. The Labute approximate surface area is 215 Å².